The third-order valence-corrected chi connectivity index (χ3v) is 4.71. The maximum atomic E-state index is 11.6. The third-order valence-electron chi connectivity index (χ3n) is 4.40. The first-order valence-corrected chi connectivity index (χ1v) is 5.09. The minimum atomic E-state index is -1.08. The summed E-state index contributed by atoms with van der Waals surface area (Å²) in [5, 5.41) is -0.544. The number of hydrogen-bond donors (Lipinski definition) is 0. The number of rotatable bonds is 1. The van der Waals surface area contributed by atoms with Crippen LogP contribution in [-0.2, 0) is 14.3 Å². The largest absolute Gasteiger partial charge is 0.449 e. The molecule has 1 saturated carbocycles. The highest BCUT2D eigenvalue weighted by Crippen LogP contribution is 2.66. The Morgan fingerprint density at radius 3 is 2.14 bits per heavy atom. The zero-order valence-electron chi connectivity index (χ0n) is 8.52. The van der Waals surface area contributed by atoms with E-state index in [1.807, 2.05) is 20.8 Å². The summed E-state index contributed by atoms with van der Waals surface area (Å²) in [5.41, 5.74) is -2.14. The van der Waals surface area contributed by atoms with E-state index in [1.165, 1.54) is 0 Å². The van der Waals surface area contributed by atoms with Crippen LogP contribution in [0.25, 0.3) is 0 Å². The van der Waals surface area contributed by atoms with Gasteiger partial charge < -0.3 is 4.74 Å². The monoisotopic (exact) mass is 216 g/mol. The molecule has 0 radical (unpaired) electrons. The maximum absolute atomic E-state index is 11.6. The van der Waals surface area contributed by atoms with Gasteiger partial charge in [-0.1, -0.05) is 13.8 Å². The van der Waals surface area contributed by atoms with Crippen LogP contribution in [-0.4, -0.2) is 16.8 Å². The molecule has 14 heavy (non-hydrogen) atoms. The second kappa shape index (κ2) is 2.32. The number of carbonyl (C=O) groups is 2. The summed E-state index contributed by atoms with van der Waals surface area (Å²) in [6.07, 6.45) is 1.22. The number of fused-ring (bicyclic) bond motifs is 2. The second-order valence-electron chi connectivity index (χ2n) is 4.95. The van der Waals surface area contributed by atoms with Crippen LogP contribution in [0, 0.1) is 10.8 Å². The van der Waals surface area contributed by atoms with Gasteiger partial charge >= 0.3 is 5.97 Å². The van der Waals surface area contributed by atoms with Crippen molar-refractivity contribution in [2.75, 3.05) is 0 Å². The van der Waals surface area contributed by atoms with Crippen molar-refractivity contribution < 1.29 is 14.3 Å². The molecule has 1 unspecified atom stereocenters. The Balaban J connectivity index is 2.60. The Labute approximate surface area is 87.8 Å². The number of ether oxygens (including phenoxy) is 1. The molecule has 2 atom stereocenters. The van der Waals surface area contributed by atoms with E-state index >= 15 is 0 Å². The lowest BCUT2D eigenvalue weighted by atomic mass is 9.67. The number of hydrogen-bond acceptors (Lipinski definition) is 3. The van der Waals surface area contributed by atoms with Crippen LogP contribution in [0.4, 0.5) is 0 Å². The van der Waals surface area contributed by atoms with Crippen LogP contribution in [0.3, 0.4) is 0 Å². The van der Waals surface area contributed by atoms with Gasteiger partial charge in [0.15, 0.2) is 5.60 Å². The van der Waals surface area contributed by atoms with Crippen molar-refractivity contribution in [3.63, 3.8) is 0 Å². The van der Waals surface area contributed by atoms with Crippen molar-refractivity contribution in [3.05, 3.63) is 0 Å². The summed E-state index contributed by atoms with van der Waals surface area (Å²) >= 11 is 5.56. The van der Waals surface area contributed by atoms with Gasteiger partial charge in [0.1, 0.15) is 0 Å². The van der Waals surface area contributed by atoms with Crippen LogP contribution >= 0.6 is 11.6 Å². The molecule has 4 heteroatoms. The van der Waals surface area contributed by atoms with Gasteiger partial charge in [-0.2, -0.15) is 0 Å². The molecule has 2 aliphatic rings. The first-order valence-electron chi connectivity index (χ1n) is 4.71. The van der Waals surface area contributed by atoms with E-state index in [1.54, 1.807) is 0 Å². The summed E-state index contributed by atoms with van der Waals surface area (Å²) < 4.78 is 5.21. The van der Waals surface area contributed by atoms with Crippen LogP contribution in [0.15, 0.2) is 0 Å². The van der Waals surface area contributed by atoms with Gasteiger partial charge in [0.25, 0.3) is 5.24 Å². The van der Waals surface area contributed by atoms with E-state index in [-0.39, 0.29) is 5.97 Å². The summed E-state index contributed by atoms with van der Waals surface area (Å²) in [5.74, 6) is -0.289. The molecular formula is C10H13ClO3. The fraction of sp³-hybridized carbons (Fsp3) is 0.800. The Bertz CT molecular complexity index is 336. The zero-order valence-corrected chi connectivity index (χ0v) is 9.27. The number of halogens is 1. The first-order chi connectivity index (χ1) is 6.28. The molecule has 1 aliphatic heterocycles. The smallest absolute Gasteiger partial charge is 0.313 e. The summed E-state index contributed by atoms with van der Waals surface area (Å²) in [4.78, 5) is 23.1. The lowest BCUT2D eigenvalue weighted by molar-refractivity contribution is -0.164. The predicted molar refractivity (Wildman–Crippen MR) is 50.8 cm³/mol. The standard InChI is InChI=1S/C10H13ClO3/c1-8(2)9(3)4-5-10(8,6(11)12)14-7(9)13/h4-5H2,1-3H3/t9?,10-/m0/s1. The SMILES string of the molecule is CC12CC[C@@](C(=O)Cl)(OC1=O)C2(C)C. The Morgan fingerprint density at radius 1 is 1.36 bits per heavy atom. The van der Waals surface area contributed by atoms with Crippen molar-refractivity contribution in [1.82, 2.24) is 0 Å². The molecule has 3 nitrogen and oxygen atoms in total. The average molecular weight is 217 g/mol. The molecule has 0 aromatic rings. The second-order valence-corrected chi connectivity index (χ2v) is 5.29. The van der Waals surface area contributed by atoms with Crippen molar-refractivity contribution in [3.8, 4) is 0 Å². The molecule has 1 aliphatic carbocycles. The molecule has 0 aromatic carbocycles. The van der Waals surface area contributed by atoms with Crippen LogP contribution in [0.2, 0.25) is 0 Å². The fourth-order valence-corrected chi connectivity index (χ4v) is 3.06. The minimum Gasteiger partial charge on any atom is -0.449 e. The van der Waals surface area contributed by atoms with Gasteiger partial charge in [-0.15, -0.1) is 0 Å². The number of esters is 1. The first kappa shape index (κ1) is 9.97. The average Bonchev–Trinajstić information content (AvgIpc) is 2.34. The Morgan fingerprint density at radius 2 is 1.93 bits per heavy atom. The van der Waals surface area contributed by atoms with Gasteiger partial charge in [0, 0.05) is 5.41 Å². The fourth-order valence-electron chi connectivity index (χ4n) is 2.69. The maximum Gasteiger partial charge on any atom is 0.313 e. The lowest BCUT2D eigenvalue weighted by Gasteiger charge is -2.33. The number of carbonyl (C=O) groups excluding carboxylic acids is 2. The Hall–Kier alpha value is -0.570. The zero-order chi connectivity index (χ0) is 10.8. The van der Waals surface area contributed by atoms with Gasteiger partial charge in [-0.05, 0) is 31.4 Å². The van der Waals surface area contributed by atoms with Gasteiger partial charge in [0.2, 0.25) is 0 Å². The van der Waals surface area contributed by atoms with Crippen LogP contribution in [0.5, 0.6) is 0 Å². The van der Waals surface area contributed by atoms with Gasteiger partial charge in [-0.25, -0.2) is 0 Å². The van der Waals surface area contributed by atoms with Crippen LogP contribution in [0.1, 0.15) is 33.6 Å². The van der Waals surface area contributed by atoms with Gasteiger partial charge in [-0.3, -0.25) is 9.59 Å². The molecule has 78 valence electrons. The molecule has 1 saturated heterocycles. The van der Waals surface area contributed by atoms with E-state index < -0.39 is 21.7 Å². The van der Waals surface area contributed by atoms with E-state index in [2.05, 4.69) is 0 Å². The van der Waals surface area contributed by atoms with Crippen molar-refractivity contribution in [2.24, 2.45) is 10.8 Å². The lowest BCUT2D eigenvalue weighted by Crippen LogP contribution is -2.45. The van der Waals surface area contributed by atoms with Gasteiger partial charge in [0.05, 0.1) is 5.41 Å². The van der Waals surface area contributed by atoms with E-state index in [4.69, 9.17) is 16.3 Å². The summed E-state index contributed by atoms with van der Waals surface area (Å²) in [6, 6.07) is 0. The molecule has 2 fully saturated rings. The topological polar surface area (TPSA) is 43.4 Å². The Kier molecular flexibility index (Phi) is 1.65. The summed E-state index contributed by atoms with van der Waals surface area (Å²) in [6.45, 7) is 5.61. The third kappa shape index (κ3) is 0.724. The molecule has 0 aromatic heterocycles. The predicted octanol–water partition coefficient (Wildman–Crippen LogP) is 1.87. The summed E-state index contributed by atoms with van der Waals surface area (Å²) in [7, 11) is 0. The van der Waals surface area contributed by atoms with E-state index in [0.29, 0.717) is 12.8 Å². The van der Waals surface area contributed by atoms with E-state index in [0.717, 1.165) is 0 Å². The molecule has 1 heterocycles. The molecule has 2 rings (SSSR count). The molecule has 0 spiro atoms. The molecule has 0 amide bonds. The minimum absolute atomic E-state index is 0.289. The molecular weight excluding hydrogens is 204 g/mol. The van der Waals surface area contributed by atoms with Crippen LogP contribution < -0.4 is 0 Å². The molecule has 2 bridgehead atoms. The highest BCUT2D eigenvalue weighted by molar-refractivity contribution is 6.65. The van der Waals surface area contributed by atoms with E-state index in [9.17, 15) is 9.59 Å². The highest BCUT2D eigenvalue weighted by Gasteiger charge is 2.75. The normalized spacial score (nSPS) is 43.9. The van der Waals surface area contributed by atoms with Crippen molar-refractivity contribution in [1.29, 1.82) is 0 Å². The quantitative estimate of drug-likeness (QED) is 0.497. The highest BCUT2D eigenvalue weighted by atomic mass is 35.5. The van der Waals surface area contributed by atoms with Crippen molar-refractivity contribution in [2.45, 2.75) is 39.2 Å². The van der Waals surface area contributed by atoms with Crippen molar-refractivity contribution >= 4 is 22.8 Å². The molecule has 0 N–H and O–H groups in total.